The minimum absolute atomic E-state index is 0.0763. The highest BCUT2D eigenvalue weighted by Gasteiger charge is 2.62. The van der Waals surface area contributed by atoms with Crippen LogP contribution in [-0.4, -0.2) is 54.1 Å². The third-order valence-electron chi connectivity index (χ3n) is 8.98. The first-order valence-electron chi connectivity index (χ1n) is 14.8. The fourth-order valence-corrected chi connectivity index (χ4v) is 6.26. The Kier molecular flexibility index (Phi) is 5.82. The van der Waals surface area contributed by atoms with Gasteiger partial charge in [0, 0.05) is 37.3 Å². The predicted molar refractivity (Wildman–Crippen MR) is 154 cm³/mol. The molecule has 10 nitrogen and oxygen atoms in total. The number of rotatable bonds is 7. The van der Waals surface area contributed by atoms with E-state index >= 15 is 0 Å². The average Bonchev–Trinajstić information content (AvgIpc) is 3.88. The number of hydrogen-bond acceptors (Lipinski definition) is 8. The summed E-state index contributed by atoms with van der Waals surface area (Å²) in [7, 11) is 3.11. The number of anilines is 2. The van der Waals surface area contributed by atoms with Crippen LogP contribution in [0.1, 0.15) is 61.4 Å². The Balaban J connectivity index is 1.19. The quantitative estimate of drug-likeness (QED) is 0.281. The lowest BCUT2D eigenvalue weighted by Gasteiger charge is -2.43. The number of amides is 1. The van der Waals surface area contributed by atoms with Crippen LogP contribution in [0.3, 0.4) is 0 Å². The number of aromatic nitrogens is 6. The molecule has 0 bridgehead atoms. The average molecular weight is 603 g/mol. The summed E-state index contributed by atoms with van der Waals surface area (Å²) >= 11 is 0. The number of ether oxygens (including phenoxy) is 1. The molecule has 44 heavy (non-hydrogen) atoms. The molecule has 1 aliphatic heterocycles. The van der Waals surface area contributed by atoms with E-state index in [9.17, 15) is 18.0 Å². The summed E-state index contributed by atoms with van der Waals surface area (Å²) in [6.07, 6.45) is 5.09. The van der Waals surface area contributed by atoms with Crippen LogP contribution in [-0.2, 0) is 24.6 Å². The molecular formula is C31H29F3N8O2. The van der Waals surface area contributed by atoms with Gasteiger partial charge in [-0.15, -0.1) is 0 Å². The van der Waals surface area contributed by atoms with Crippen molar-refractivity contribution in [2.24, 2.45) is 7.05 Å². The number of alkyl halides is 3. The Morgan fingerprint density at radius 2 is 1.77 bits per heavy atom. The number of carbonyl (C=O) groups is 1. The first-order valence-corrected chi connectivity index (χ1v) is 14.8. The molecule has 226 valence electrons. The van der Waals surface area contributed by atoms with E-state index in [4.69, 9.17) is 14.7 Å². The van der Waals surface area contributed by atoms with Gasteiger partial charge in [0.05, 0.1) is 19.0 Å². The van der Waals surface area contributed by atoms with Gasteiger partial charge < -0.3 is 19.1 Å². The van der Waals surface area contributed by atoms with Gasteiger partial charge in [0.2, 0.25) is 5.88 Å². The summed E-state index contributed by atoms with van der Waals surface area (Å²) in [5, 5.41) is 0. The van der Waals surface area contributed by atoms with E-state index in [2.05, 4.69) is 19.9 Å². The molecule has 3 fully saturated rings. The summed E-state index contributed by atoms with van der Waals surface area (Å²) in [4.78, 5) is 40.6. The molecule has 0 unspecified atom stereocenters. The maximum atomic E-state index is 14.0. The van der Waals surface area contributed by atoms with Crippen molar-refractivity contribution in [2.75, 3.05) is 16.9 Å². The second-order valence-electron chi connectivity index (χ2n) is 12.1. The van der Waals surface area contributed by atoms with Crippen LogP contribution in [0.25, 0.3) is 22.8 Å². The highest BCUT2D eigenvalue weighted by atomic mass is 19.4. The van der Waals surface area contributed by atoms with Crippen LogP contribution in [0.2, 0.25) is 0 Å². The van der Waals surface area contributed by atoms with Gasteiger partial charge >= 0.3 is 6.18 Å². The normalized spacial score (nSPS) is 19.0. The van der Waals surface area contributed by atoms with Crippen LogP contribution in [0.5, 0.6) is 5.88 Å². The van der Waals surface area contributed by atoms with Gasteiger partial charge in [-0.3, -0.25) is 4.79 Å². The highest BCUT2D eigenvalue weighted by Crippen LogP contribution is 2.55. The highest BCUT2D eigenvalue weighted by molar-refractivity contribution is 6.10. The van der Waals surface area contributed by atoms with Crippen LogP contribution >= 0.6 is 0 Å². The van der Waals surface area contributed by atoms with Crippen LogP contribution < -0.4 is 14.5 Å². The standard InChI is InChI=1S/C31H29F3N8O2/c1-40-15-22(31(32,33)34)38-26(40)19-5-3-17(4-6-19)14-41-27-21(42(20-9-10-20)29(43)30(41)11-12-30)13-35-25(39-27)23-24(18-7-8-18)36-16-37-28(23)44-2/h3-6,13,15-16,18,20H,7-12,14H2,1-2H3. The number of fused-ring (bicyclic) bond motifs is 1. The van der Waals surface area contributed by atoms with E-state index in [1.165, 1.54) is 10.9 Å². The van der Waals surface area contributed by atoms with Crippen LogP contribution in [0, 0.1) is 0 Å². The molecule has 1 amide bonds. The summed E-state index contributed by atoms with van der Waals surface area (Å²) in [5.74, 6) is 2.16. The van der Waals surface area contributed by atoms with E-state index in [0.29, 0.717) is 59.6 Å². The lowest BCUT2D eigenvalue weighted by atomic mass is 10.0. The molecule has 0 saturated heterocycles. The first kappa shape index (κ1) is 27.0. The molecule has 13 heteroatoms. The lowest BCUT2D eigenvalue weighted by Crippen LogP contribution is -2.56. The van der Waals surface area contributed by atoms with Crippen molar-refractivity contribution in [3.63, 3.8) is 0 Å². The van der Waals surface area contributed by atoms with Gasteiger partial charge in [-0.05, 0) is 44.1 Å². The van der Waals surface area contributed by atoms with E-state index in [0.717, 1.165) is 43.1 Å². The molecule has 4 heterocycles. The number of methoxy groups -OCH3 is 1. The van der Waals surface area contributed by atoms with Crippen molar-refractivity contribution in [1.82, 2.24) is 29.5 Å². The Bertz CT molecular complexity index is 1790. The molecule has 0 N–H and O–H groups in total. The Morgan fingerprint density at radius 1 is 1.02 bits per heavy atom. The fraction of sp³-hybridized carbons (Fsp3) is 0.419. The minimum Gasteiger partial charge on any atom is -0.480 e. The molecule has 1 spiro atoms. The Labute approximate surface area is 250 Å². The molecule has 3 aromatic heterocycles. The molecule has 0 radical (unpaired) electrons. The number of nitrogens with zero attached hydrogens (tertiary/aromatic N) is 8. The van der Waals surface area contributed by atoms with Gasteiger partial charge in [0.1, 0.15) is 28.9 Å². The minimum atomic E-state index is -4.52. The third kappa shape index (κ3) is 4.31. The smallest absolute Gasteiger partial charge is 0.434 e. The molecule has 8 rings (SSSR count). The molecule has 3 saturated carbocycles. The third-order valence-corrected chi connectivity index (χ3v) is 8.98. The SMILES string of the molecule is COc1ncnc(C2CC2)c1-c1ncc2c(n1)N(Cc1ccc(-c3nc(C(F)(F)F)cn3C)cc1)C1(CC1)C(=O)N2C1CC1. The summed E-state index contributed by atoms with van der Waals surface area (Å²) < 4.78 is 46.7. The second-order valence-corrected chi connectivity index (χ2v) is 12.1. The maximum Gasteiger partial charge on any atom is 0.434 e. The molecule has 1 aromatic carbocycles. The molecule has 3 aliphatic carbocycles. The van der Waals surface area contributed by atoms with Gasteiger partial charge in [0.15, 0.2) is 17.3 Å². The number of carbonyl (C=O) groups excluding carboxylic acids is 1. The first-order chi connectivity index (χ1) is 21.2. The van der Waals surface area contributed by atoms with Gasteiger partial charge in [0.25, 0.3) is 5.91 Å². The fourth-order valence-electron chi connectivity index (χ4n) is 6.26. The van der Waals surface area contributed by atoms with E-state index in [1.807, 2.05) is 17.0 Å². The van der Waals surface area contributed by atoms with Gasteiger partial charge in [-0.2, -0.15) is 13.2 Å². The van der Waals surface area contributed by atoms with Crippen molar-refractivity contribution in [3.05, 3.63) is 59.9 Å². The zero-order valence-corrected chi connectivity index (χ0v) is 24.2. The monoisotopic (exact) mass is 602 g/mol. The van der Waals surface area contributed by atoms with Crippen LogP contribution in [0.15, 0.2) is 43.0 Å². The van der Waals surface area contributed by atoms with Gasteiger partial charge in [-0.25, -0.2) is 24.9 Å². The molecular weight excluding hydrogens is 573 g/mol. The maximum absolute atomic E-state index is 14.0. The molecule has 0 atom stereocenters. The number of halogens is 3. The van der Waals surface area contributed by atoms with Crippen molar-refractivity contribution >= 4 is 17.4 Å². The molecule has 4 aromatic rings. The van der Waals surface area contributed by atoms with Crippen molar-refractivity contribution in [2.45, 2.75) is 68.7 Å². The topological polar surface area (TPSA) is 102 Å². The van der Waals surface area contributed by atoms with Crippen LogP contribution in [0.4, 0.5) is 24.7 Å². The summed E-state index contributed by atoms with van der Waals surface area (Å²) in [6.45, 7) is 0.389. The van der Waals surface area contributed by atoms with Crippen molar-refractivity contribution in [1.29, 1.82) is 0 Å². The van der Waals surface area contributed by atoms with E-state index in [-0.39, 0.29) is 17.8 Å². The summed E-state index contributed by atoms with van der Waals surface area (Å²) in [6, 6.07) is 7.41. The van der Waals surface area contributed by atoms with Crippen molar-refractivity contribution in [3.8, 4) is 28.7 Å². The largest absolute Gasteiger partial charge is 0.480 e. The second kappa shape index (κ2) is 9.47. The number of aryl methyl sites for hydroxylation is 1. The zero-order valence-electron chi connectivity index (χ0n) is 24.2. The summed E-state index contributed by atoms with van der Waals surface area (Å²) in [5.41, 5.74) is 2.06. The zero-order chi connectivity index (χ0) is 30.4. The van der Waals surface area contributed by atoms with Crippen molar-refractivity contribution < 1.29 is 22.7 Å². The predicted octanol–water partition coefficient (Wildman–Crippen LogP) is 5.29. The van der Waals surface area contributed by atoms with Gasteiger partial charge in [-0.1, -0.05) is 24.3 Å². The van der Waals surface area contributed by atoms with E-state index in [1.54, 1.807) is 32.5 Å². The Morgan fingerprint density at radius 3 is 2.39 bits per heavy atom. The number of imidazole rings is 1. The Hall–Kier alpha value is -4.55. The number of benzene rings is 1. The lowest BCUT2D eigenvalue weighted by molar-refractivity contribution is -0.140. The van der Waals surface area contributed by atoms with E-state index < -0.39 is 17.4 Å². The number of hydrogen-bond donors (Lipinski definition) is 0. The molecule has 4 aliphatic rings.